The van der Waals surface area contributed by atoms with Gasteiger partial charge in [-0.25, -0.2) is 8.42 Å². The number of sulfonamides is 1. The van der Waals surface area contributed by atoms with Crippen LogP contribution in [0.4, 0.5) is 5.69 Å². The summed E-state index contributed by atoms with van der Waals surface area (Å²) in [7, 11) is -2.23. The van der Waals surface area contributed by atoms with Crippen LogP contribution in [-0.2, 0) is 24.3 Å². The summed E-state index contributed by atoms with van der Waals surface area (Å²) in [5.74, 6) is -0.642. The molecule has 39 heavy (non-hydrogen) atoms. The molecule has 0 saturated heterocycles. The molecule has 2 aromatic carbocycles. The van der Waals surface area contributed by atoms with Gasteiger partial charge in [0.25, 0.3) is 5.91 Å². The number of aryl methyl sites for hydroxylation is 1. The largest absolute Gasteiger partial charge is 0.462 e. The van der Waals surface area contributed by atoms with Crippen molar-refractivity contribution in [3.05, 3.63) is 53.1 Å². The van der Waals surface area contributed by atoms with E-state index in [-0.39, 0.29) is 25.0 Å². The molecule has 0 bridgehead atoms. The van der Waals surface area contributed by atoms with Gasteiger partial charge in [-0.1, -0.05) is 43.7 Å². The Hall–Kier alpha value is -3.41. The smallest absolute Gasteiger partial charge is 0.323 e. The number of nitrogens with zero attached hydrogens (tertiary/aromatic N) is 1. The van der Waals surface area contributed by atoms with E-state index in [1.807, 2.05) is 45.0 Å². The molecule has 3 N–H and O–H groups in total. The average Bonchev–Trinajstić information content (AvgIpc) is 3.19. The Balaban J connectivity index is 1.80. The summed E-state index contributed by atoms with van der Waals surface area (Å²) in [5, 5.41) is 3.20. The molecule has 10 nitrogen and oxygen atoms in total. The highest BCUT2D eigenvalue weighted by Crippen LogP contribution is 2.42. The third kappa shape index (κ3) is 5.80. The van der Waals surface area contributed by atoms with E-state index in [0.29, 0.717) is 33.5 Å². The first-order chi connectivity index (χ1) is 18.3. The van der Waals surface area contributed by atoms with Crippen molar-refractivity contribution >= 4 is 38.6 Å². The maximum atomic E-state index is 13.0. The summed E-state index contributed by atoms with van der Waals surface area (Å²) in [6, 6.07) is 10.2. The Bertz CT molecular complexity index is 1500. The van der Waals surface area contributed by atoms with Gasteiger partial charge in [0.1, 0.15) is 30.1 Å². The topological polar surface area (TPSA) is 141 Å². The fourth-order valence-corrected chi connectivity index (χ4v) is 5.54. The highest BCUT2D eigenvalue weighted by molar-refractivity contribution is 7.92. The van der Waals surface area contributed by atoms with Gasteiger partial charge in [-0.05, 0) is 25.8 Å². The third-order valence-electron chi connectivity index (χ3n) is 6.88. The number of carbonyl (C=O) groups excluding carboxylic acids is 2. The monoisotopic (exact) mass is 557 g/mol. The van der Waals surface area contributed by atoms with Gasteiger partial charge in [0.15, 0.2) is 0 Å². The summed E-state index contributed by atoms with van der Waals surface area (Å²) in [6.45, 7) is 7.12. The van der Waals surface area contributed by atoms with Gasteiger partial charge in [-0.3, -0.25) is 13.9 Å². The molecule has 0 saturated carbocycles. The van der Waals surface area contributed by atoms with Crippen molar-refractivity contribution in [2.75, 3.05) is 30.8 Å². The molecule has 1 aromatic heterocycles. The zero-order valence-electron chi connectivity index (χ0n) is 23.0. The number of fused-ring (bicyclic) bond motifs is 2. The van der Waals surface area contributed by atoms with Crippen molar-refractivity contribution in [2.24, 2.45) is 11.7 Å². The van der Waals surface area contributed by atoms with Crippen molar-refractivity contribution < 1.29 is 31.9 Å². The van der Waals surface area contributed by atoms with E-state index >= 15 is 0 Å². The molecular weight excluding hydrogens is 522 g/mol. The number of nitrogens with one attached hydrogen (secondary N) is 1. The normalized spacial score (nSPS) is 18.5. The fourth-order valence-electron chi connectivity index (χ4n) is 4.59. The van der Waals surface area contributed by atoms with Crippen LogP contribution in [0.25, 0.3) is 22.3 Å². The number of anilines is 1. The minimum Gasteiger partial charge on any atom is -0.462 e. The molecule has 4 rings (SSSR count). The molecule has 1 amide bonds. The standard InChI is InChI=1S/C28H35N3O7S/c1-15(2)25(29)28(33)36-14-19-13-31(39(6,34)35)22-12-23-21(11-20(22)17(4)37-19)24(27(32)30-5)26(38-23)18-9-7-16(3)8-10-18/h7-12,15,17,19,25H,13-14,29H2,1-6H3,(H,30,32)/t17-,19-,25-/m0/s1. The summed E-state index contributed by atoms with van der Waals surface area (Å²) in [4.78, 5) is 25.4. The zero-order chi connectivity index (χ0) is 28.6. The summed E-state index contributed by atoms with van der Waals surface area (Å²) in [5.41, 5.74) is 9.30. The second-order valence-electron chi connectivity index (χ2n) is 10.3. The number of amides is 1. The Kier molecular flexibility index (Phi) is 8.06. The van der Waals surface area contributed by atoms with Gasteiger partial charge in [0.2, 0.25) is 10.0 Å². The first-order valence-electron chi connectivity index (χ1n) is 12.8. The van der Waals surface area contributed by atoms with Crippen LogP contribution in [0.5, 0.6) is 0 Å². The third-order valence-corrected chi connectivity index (χ3v) is 8.03. The molecule has 0 radical (unpaired) electrons. The molecular formula is C28H35N3O7S. The number of benzene rings is 2. The lowest BCUT2D eigenvalue weighted by Gasteiger charge is -2.25. The fraction of sp³-hybridized carbons (Fsp3) is 0.429. The van der Waals surface area contributed by atoms with E-state index in [9.17, 15) is 18.0 Å². The zero-order valence-corrected chi connectivity index (χ0v) is 23.8. The van der Waals surface area contributed by atoms with Gasteiger partial charge >= 0.3 is 5.97 Å². The summed E-state index contributed by atoms with van der Waals surface area (Å²) >= 11 is 0. The number of rotatable bonds is 7. The second kappa shape index (κ2) is 11.0. The van der Waals surface area contributed by atoms with Crippen LogP contribution in [0.2, 0.25) is 0 Å². The van der Waals surface area contributed by atoms with Crippen molar-refractivity contribution in [1.29, 1.82) is 0 Å². The highest BCUT2D eigenvalue weighted by atomic mass is 32.2. The first-order valence-corrected chi connectivity index (χ1v) is 14.6. The van der Waals surface area contributed by atoms with Crippen LogP contribution in [-0.4, -0.2) is 58.9 Å². The molecule has 11 heteroatoms. The predicted octanol–water partition coefficient (Wildman–Crippen LogP) is 3.52. The van der Waals surface area contributed by atoms with Crippen LogP contribution in [0.1, 0.15) is 48.4 Å². The van der Waals surface area contributed by atoms with Crippen LogP contribution < -0.4 is 15.4 Å². The predicted molar refractivity (Wildman–Crippen MR) is 149 cm³/mol. The van der Waals surface area contributed by atoms with Gasteiger partial charge in [0, 0.05) is 29.6 Å². The number of hydrogen-bond donors (Lipinski definition) is 2. The quantitative estimate of drug-likeness (QED) is 0.421. The second-order valence-corrected chi connectivity index (χ2v) is 12.2. The van der Waals surface area contributed by atoms with Crippen LogP contribution >= 0.6 is 0 Å². The molecule has 0 aliphatic carbocycles. The number of hydrogen-bond acceptors (Lipinski definition) is 8. The van der Waals surface area contributed by atoms with Crippen molar-refractivity contribution in [2.45, 2.75) is 45.9 Å². The summed E-state index contributed by atoms with van der Waals surface area (Å²) in [6.07, 6.45) is -0.239. The SMILES string of the molecule is CNC(=O)c1c(-c2ccc(C)cc2)oc2cc3c(cc12)[C@H](C)O[C@H](COC(=O)[C@@H](N)C(C)C)CN3S(C)(=O)=O. The van der Waals surface area contributed by atoms with E-state index in [1.165, 1.54) is 11.4 Å². The highest BCUT2D eigenvalue weighted by Gasteiger charge is 2.34. The lowest BCUT2D eigenvalue weighted by Crippen LogP contribution is -2.42. The van der Waals surface area contributed by atoms with Crippen LogP contribution in [0, 0.1) is 12.8 Å². The van der Waals surface area contributed by atoms with Gasteiger partial charge in [-0.15, -0.1) is 0 Å². The number of nitrogens with two attached hydrogens (primary N) is 1. The number of esters is 1. The lowest BCUT2D eigenvalue weighted by atomic mass is 10.00. The minimum atomic E-state index is -3.77. The van der Waals surface area contributed by atoms with E-state index < -0.39 is 34.2 Å². The molecule has 210 valence electrons. The molecule has 3 aromatic rings. The van der Waals surface area contributed by atoms with E-state index in [1.54, 1.807) is 19.1 Å². The van der Waals surface area contributed by atoms with Crippen molar-refractivity contribution in [3.63, 3.8) is 0 Å². The average molecular weight is 558 g/mol. The Labute approximate surface area is 228 Å². The minimum absolute atomic E-state index is 0.0836. The van der Waals surface area contributed by atoms with E-state index in [2.05, 4.69) is 5.32 Å². The van der Waals surface area contributed by atoms with Crippen molar-refractivity contribution in [1.82, 2.24) is 5.32 Å². The Morgan fingerprint density at radius 2 is 1.87 bits per heavy atom. The number of carbonyl (C=O) groups is 2. The van der Waals surface area contributed by atoms with Gasteiger partial charge in [-0.2, -0.15) is 0 Å². The maximum Gasteiger partial charge on any atom is 0.323 e. The van der Waals surface area contributed by atoms with E-state index in [0.717, 1.165) is 17.4 Å². The molecule has 2 heterocycles. The first kappa shape index (κ1) is 28.6. The van der Waals surface area contributed by atoms with Crippen LogP contribution in [0.15, 0.2) is 40.8 Å². The number of furan rings is 1. The molecule has 3 atom stereocenters. The molecule has 1 aliphatic heterocycles. The molecule has 1 aliphatic rings. The van der Waals surface area contributed by atoms with Gasteiger partial charge in [0.05, 0.1) is 30.2 Å². The maximum absolute atomic E-state index is 13.0. The van der Waals surface area contributed by atoms with Gasteiger partial charge < -0.3 is 24.9 Å². The summed E-state index contributed by atoms with van der Waals surface area (Å²) < 4.78 is 44.9. The van der Waals surface area contributed by atoms with Crippen molar-refractivity contribution in [3.8, 4) is 11.3 Å². The Morgan fingerprint density at radius 3 is 2.46 bits per heavy atom. The Morgan fingerprint density at radius 1 is 1.21 bits per heavy atom. The molecule has 0 fully saturated rings. The number of ether oxygens (including phenoxy) is 2. The molecule has 0 spiro atoms. The van der Waals surface area contributed by atoms with E-state index in [4.69, 9.17) is 19.6 Å². The molecule has 0 unspecified atom stereocenters. The lowest BCUT2D eigenvalue weighted by molar-refractivity contribution is -0.151. The van der Waals surface area contributed by atoms with Crippen LogP contribution in [0.3, 0.4) is 0 Å².